The molecular weight excluding hydrogens is 193 g/mol. The normalized spacial score (nSPS) is 23.7. The maximum Gasteiger partial charge on any atom is 0.129 e. The standard InChI is InChI=1S/C12H14FNO/c1-7-4-9-11(14-8-2-3-8)6-15-12(9)5-10(7)13/h4-5,8,11,14H,2-3,6H2,1H3. The fraction of sp³-hybridized carbons (Fsp3) is 0.500. The Morgan fingerprint density at radius 2 is 2.20 bits per heavy atom. The van der Waals surface area contributed by atoms with Crippen molar-refractivity contribution in [1.82, 2.24) is 5.32 Å². The van der Waals surface area contributed by atoms with Crippen molar-refractivity contribution in [1.29, 1.82) is 0 Å². The molecule has 3 heteroatoms. The van der Waals surface area contributed by atoms with Gasteiger partial charge < -0.3 is 10.1 Å². The average molecular weight is 207 g/mol. The molecule has 0 amide bonds. The summed E-state index contributed by atoms with van der Waals surface area (Å²) in [6, 6.07) is 4.30. The van der Waals surface area contributed by atoms with Gasteiger partial charge in [0.25, 0.3) is 0 Å². The van der Waals surface area contributed by atoms with E-state index in [4.69, 9.17) is 4.74 Å². The summed E-state index contributed by atoms with van der Waals surface area (Å²) in [4.78, 5) is 0. The van der Waals surface area contributed by atoms with Gasteiger partial charge in [0, 0.05) is 17.7 Å². The van der Waals surface area contributed by atoms with Gasteiger partial charge in [0.05, 0.1) is 6.04 Å². The third-order valence-corrected chi connectivity index (χ3v) is 3.09. The van der Waals surface area contributed by atoms with Crippen LogP contribution in [-0.4, -0.2) is 12.6 Å². The van der Waals surface area contributed by atoms with Gasteiger partial charge >= 0.3 is 0 Å². The first kappa shape index (κ1) is 9.16. The fourth-order valence-corrected chi connectivity index (χ4v) is 2.02. The van der Waals surface area contributed by atoms with Crippen LogP contribution in [0.25, 0.3) is 0 Å². The third-order valence-electron chi connectivity index (χ3n) is 3.09. The predicted octanol–water partition coefficient (Wildman–Crippen LogP) is 2.32. The Bertz CT molecular complexity index is 401. The highest BCUT2D eigenvalue weighted by Crippen LogP contribution is 2.36. The molecule has 0 saturated heterocycles. The van der Waals surface area contributed by atoms with E-state index in [0.717, 1.165) is 5.56 Å². The topological polar surface area (TPSA) is 21.3 Å². The maximum absolute atomic E-state index is 13.3. The first-order valence-electron chi connectivity index (χ1n) is 5.43. The van der Waals surface area contributed by atoms with E-state index in [1.807, 2.05) is 6.07 Å². The molecule has 1 saturated carbocycles. The summed E-state index contributed by atoms with van der Waals surface area (Å²) in [6.07, 6.45) is 2.51. The van der Waals surface area contributed by atoms with Crippen LogP contribution < -0.4 is 10.1 Å². The van der Waals surface area contributed by atoms with E-state index in [1.54, 1.807) is 6.92 Å². The lowest BCUT2D eigenvalue weighted by atomic mass is 10.1. The van der Waals surface area contributed by atoms with Crippen molar-refractivity contribution >= 4 is 0 Å². The molecule has 1 aromatic rings. The van der Waals surface area contributed by atoms with Gasteiger partial charge in [-0.05, 0) is 31.4 Å². The van der Waals surface area contributed by atoms with E-state index < -0.39 is 0 Å². The van der Waals surface area contributed by atoms with Gasteiger partial charge in [0.1, 0.15) is 18.2 Å². The van der Waals surface area contributed by atoms with Crippen LogP contribution in [0.1, 0.15) is 30.0 Å². The van der Waals surface area contributed by atoms with Crippen molar-refractivity contribution in [2.75, 3.05) is 6.61 Å². The Morgan fingerprint density at radius 3 is 2.93 bits per heavy atom. The molecule has 0 radical (unpaired) electrons. The molecule has 0 aromatic heterocycles. The summed E-state index contributed by atoms with van der Waals surface area (Å²) in [5.74, 6) is 0.525. The molecule has 1 fully saturated rings. The molecule has 0 spiro atoms. The highest BCUT2D eigenvalue weighted by molar-refractivity contribution is 5.43. The number of rotatable bonds is 2. The minimum Gasteiger partial charge on any atom is -0.491 e. The first-order chi connectivity index (χ1) is 7.24. The predicted molar refractivity (Wildman–Crippen MR) is 55.5 cm³/mol. The van der Waals surface area contributed by atoms with Gasteiger partial charge in [-0.25, -0.2) is 4.39 Å². The lowest BCUT2D eigenvalue weighted by molar-refractivity contribution is 0.309. The molecule has 80 valence electrons. The molecule has 15 heavy (non-hydrogen) atoms. The van der Waals surface area contributed by atoms with Crippen LogP contribution in [0, 0.1) is 12.7 Å². The van der Waals surface area contributed by atoms with Gasteiger partial charge in [0.2, 0.25) is 0 Å². The summed E-state index contributed by atoms with van der Waals surface area (Å²) < 4.78 is 18.7. The molecule has 1 atom stereocenters. The minimum atomic E-state index is -0.180. The number of hydrogen-bond donors (Lipinski definition) is 1. The van der Waals surface area contributed by atoms with E-state index in [2.05, 4.69) is 5.32 Å². The lowest BCUT2D eigenvalue weighted by Crippen LogP contribution is -2.24. The Labute approximate surface area is 88.4 Å². The van der Waals surface area contributed by atoms with E-state index in [9.17, 15) is 4.39 Å². The van der Waals surface area contributed by atoms with Gasteiger partial charge in [0.15, 0.2) is 0 Å². The summed E-state index contributed by atoms with van der Waals surface area (Å²) in [5.41, 5.74) is 1.81. The van der Waals surface area contributed by atoms with Crippen LogP contribution in [0.15, 0.2) is 12.1 Å². The van der Waals surface area contributed by atoms with Crippen molar-refractivity contribution < 1.29 is 9.13 Å². The van der Waals surface area contributed by atoms with Crippen molar-refractivity contribution in [3.63, 3.8) is 0 Å². The number of benzene rings is 1. The Kier molecular flexibility index (Phi) is 1.96. The second-order valence-corrected chi connectivity index (χ2v) is 4.44. The molecule has 1 heterocycles. The van der Waals surface area contributed by atoms with Crippen LogP contribution in [0.3, 0.4) is 0 Å². The van der Waals surface area contributed by atoms with Crippen molar-refractivity contribution in [2.24, 2.45) is 0 Å². The molecule has 1 aliphatic carbocycles. The quantitative estimate of drug-likeness (QED) is 0.803. The zero-order chi connectivity index (χ0) is 10.4. The average Bonchev–Trinajstić information content (AvgIpc) is 2.94. The monoisotopic (exact) mass is 207 g/mol. The smallest absolute Gasteiger partial charge is 0.129 e. The first-order valence-corrected chi connectivity index (χ1v) is 5.43. The molecule has 2 nitrogen and oxygen atoms in total. The van der Waals surface area contributed by atoms with Gasteiger partial charge in [-0.3, -0.25) is 0 Å². The fourth-order valence-electron chi connectivity index (χ4n) is 2.02. The highest BCUT2D eigenvalue weighted by atomic mass is 19.1. The van der Waals surface area contributed by atoms with E-state index >= 15 is 0 Å². The maximum atomic E-state index is 13.3. The Hall–Kier alpha value is -1.09. The SMILES string of the molecule is Cc1cc2c(cc1F)OCC2NC1CC1. The Balaban J connectivity index is 1.90. The molecular formula is C12H14FNO. The Morgan fingerprint density at radius 1 is 1.40 bits per heavy atom. The highest BCUT2D eigenvalue weighted by Gasteiger charge is 2.31. The third kappa shape index (κ3) is 1.61. The van der Waals surface area contributed by atoms with E-state index in [-0.39, 0.29) is 11.9 Å². The molecule has 1 aliphatic heterocycles. The molecule has 1 aromatic carbocycles. The molecule has 3 rings (SSSR count). The van der Waals surface area contributed by atoms with Gasteiger partial charge in [-0.15, -0.1) is 0 Å². The zero-order valence-corrected chi connectivity index (χ0v) is 8.72. The molecule has 1 unspecified atom stereocenters. The minimum absolute atomic E-state index is 0.180. The zero-order valence-electron chi connectivity index (χ0n) is 8.72. The number of nitrogens with one attached hydrogen (secondary N) is 1. The lowest BCUT2D eigenvalue weighted by Gasteiger charge is -2.10. The second-order valence-electron chi connectivity index (χ2n) is 4.44. The van der Waals surface area contributed by atoms with Gasteiger partial charge in [-0.1, -0.05) is 0 Å². The van der Waals surface area contributed by atoms with Crippen molar-refractivity contribution in [2.45, 2.75) is 31.8 Å². The number of aryl methyl sites for hydroxylation is 1. The van der Waals surface area contributed by atoms with Crippen molar-refractivity contribution in [3.05, 3.63) is 29.1 Å². The van der Waals surface area contributed by atoms with Crippen LogP contribution in [-0.2, 0) is 0 Å². The summed E-state index contributed by atoms with van der Waals surface area (Å²) in [7, 11) is 0. The second kappa shape index (κ2) is 3.20. The van der Waals surface area contributed by atoms with Crippen LogP contribution in [0.5, 0.6) is 5.75 Å². The molecule has 2 aliphatic rings. The van der Waals surface area contributed by atoms with Crippen LogP contribution in [0.4, 0.5) is 4.39 Å². The number of halogens is 1. The summed E-state index contributed by atoms with van der Waals surface area (Å²) >= 11 is 0. The van der Waals surface area contributed by atoms with Crippen LogP contribution in [0.2, 0.25) is 0 Å². The van der Waals surface area contributed by atoms with E-state index in [1.165, 1.54) is 18.9 Å². The number of fused-ring (bicyclic) bond motifs is 1. The van der Waals surface area contributed by atoms with Crippen LogP contribution >= 0.6 is 0 Å². The van der Waals surface area contributed by atoms with Gasteiger partial charge in [-0.2, -0.15) is 0 Å². The number of hydrogen-bond acceptors (Lipinski definition) is 2. The largest absolute Gasteiger partial charge is 0.491 e. The summed E-state index contributed by atoms with van der Waals surface area (Å²) in [6.45, 7) is 2.43. The number of ether oxygens (including phenoxy) is 1. The molecule has 1 N–H and O–H groups in total. The van der Waals surface area contributed by atoms with E-state index in [0.29, 0.717) is 24.0 Å². The summed E-state index contributed by atoms with van der Waals surface area (Å²) in [5, 5.41) is 3.51. The van der Waals surface area contributed by atoms with Crippen molar-refractivity contribution in [3.8, 4) is 5.75 Å². The molecule has 0 bridgehead atoms.